The minimum Gasteiger partial charge on any atom is -0.369 e. The Balaban J connectivity index is 1.58. The van der Waals surface area contributed by atoms with E-state index in [0.717, 1.165) is 43.5 Å². The molecule has 2 heterocycles. The second kappa shape index (κ2) is 6.36. The Hall–Kier alpha value is -2.08. The molecule has 6 heteroatoms. The van der Waals surface area contributed by atoms with Crippen molar-refractivity contribution in [1.29, 1.82) is 0 Å². The van der Waals surface area contributed by atoms with Gasteiger partial charge in [0.25, 0.3) is 0 Å². The van der Waals surface area contributed by atoms with Crippen LogP contribution in [-0.2, 0) is 6.54 Å². The van der Waals surface area contributed by atoms with Crippen molar-refractivity contribution in [2.75, 3.05) is 31.1 Å². The largest absolute Gasteiger partial charge is 0.369 e. The maximum Gasteiger partial charge on any atom is 0.214 e. The third-order valence-corrected chi connectivity index (χ3v) is 3.84. The predicted molar refractivity (Wildman–Crippen MR) is 78.0 cm³/mol. The normalized spacial score (nSPS) is 16.0. The molecule has 0 N–H and O–H groups in total. The molecular formula is C16H16F3N3. The molecule has 22 heavy (non-hydrogen) atoms. The Labute approximate surface area is 127 Å². The molecule has 1 aromatic heterocycles. The van der Waals surface area contributed by atoms with Gasteiger partial charge in [-0.05, 0) is 23.8 Å². The van der Waals surface area contributed by atoms with Gasteiger partial charge in [-0.3, -0.25) is 4.90 Å². The third-order valence-electron chi connectivity index (χ3n) is 3.84. The van der Waals surface area contributed by atoms with Crippen molar-refractivity contribution in [2.24, 2.45) is 0 Å². The lowest BCUT2D eigenvalue weighted by Crippen LogP contribution is -2.46. The zero-order valence-corrected chi connectivity index (χ0v) is 12.0. The van der Waals surface area contributed by atoms with Crippen LogP contribution in [0.25, 0.3) is 0 Å². The van der Waals surface area contributed by atoms with Crippen LogP contribution in [0.3, 0.4) is 0 Å². The summed E-state index contributed by atoms with van der Waals surface area (Å²) in [6.07, 6.45) is 1.46. The predicted octanol–water partition coefficient (Wildman–Crippen LogP) is 2.82. The highest BCUT2D eigenvalue weighted by Gasteiger charge is 2.18. The number of hydrogen-bond acceptors (Lipinski definition) is 3. The van der Waals surface area contributed by atoms with Gasteiger partial charge in [0, 0.05) is 50.7 Å². The molecule has 116 valence electrons. The lowest BCUT2D eigenvalue weighted by molar-refractivity contribution is 0.249. The molecular weight excluding hydrogens is 291 g/mol. The fourth-order valence-corrected chi connectivity index (χ4v) is 2.65. The van der Waals surface area contributed by atoms with Crippen LogP contribution in [0.4, 0.5) is 18.9 Å². The highest BCUT2D eigenvalue weighted by atomic mass is 19.2. The maximum atomic E-state index is 13.2. The number of piperazine rings is 1. The number of hydrogen-bond donors (Lipinski definition) is 0. The van der Waals surface area contributed by atoms with Gasteiger partial charge in [-0.2, -0.15) is 4.39 Å². The lowest BCUT2D eigenvalue weighted by Gasteiger charge is -2.36. The average molecular weight is 307 g/mol. The Morgan fingerprint density at radius 3 is 2.36 bits per heavy atom. The topological polar surface area (TPSA) is 19.4 Å². The second-order valence-corrected chi connectivity index (χ2v) is 5.35. The number of pyridine rings is 1. The smallest absolute Gasteiger partial charge is 0.214 e. The van der Waals surface area contributed by atoms with E-state index >= 15 is 0 Å². The van der Waals surface area contributed by atoms with Crippen LogP contribution < -0.4 is 4.90 Å². The number of aromatic nitrogens is 1. The summed E-state index contributed by atoms with van der Waals surface area (Å²) < 4.78 is 39.3. The van der Waals surface area contributed by atoms with E-state index in [1.807, 2.05) is 0 Å². The lowest BCUT2D eigenvalue weighted by atomic mass is 10.2. The van der Waals surface area contributed by atoms with Crippen LogP contribution >= 0.6 is 0 Å². The summed E-state index contributed by atoms with van der Waals surface area (Å²) in [4.78, 5) is 7.81. The van der Waals surface area contributed by atoms with Gasteiger partial charge in [-0.1, -0.05) is 6.07 Å². The van der Waals surface area contributed by atoms with Gasteiger partial charge in [0.2, 0.25) is 5.95 Å². The van der Waals surface area contributed by atoms with Gasteiger partial charge >= 0.3 is 0 Å². The molecule has 1 fully saturated rings. The van der Waals surface area contributed by atoms with Crippen molar-refractivity contribution in [3.63, 3.8) is 0 Å². The number of benzene rings is 1. The van der Waals surface area contributed by atoms with Crippen molar-refractivity contribution in [3.8, 4) is 0 Å². The van der Waals surface area contributed by atoms with Crippen molar-refractivity contribution >= 4 is 5.69 Å². The SMILES string of the molecule is Fc1cc(N2CCN(Cc3ccc(F)c(F)c3)CC2)ccn1. The molecule has 0 unspecified atom stereocenters. The van der Waals surface area contributed by atoms with Gasteiger partial charge < -0.3 is 4.90 Å². The minimum atomic E-state index is -0.826. The molecule has 1 aromatic carbocycles. The Kier molecular flexibility index (Phi) is 4.29. The number of halogens is 3. The van der Waals surface area contributed by atoms with E-state index in [2.05, 4.69) is 14.8 Å². The highest BCUT2D eigenvalue weighted by Crippen LogP contribution is 2.18. The average Bonchev–Trinajstić information content (AvgIpc) is 2.52. The van der Waals surface area contributed by atoms with Crippen molar-refractivity contribution in [3.05, 3.63) is 59.7 Å². The summed E-state index contributed by atoms with van der Waals surface area (Å²) in [6.45, 7) is 3.65. The summed E-state index contributed by atoms with van der Waals surface area (Å²) >= 11 is 0. The van der Waals surface area contributed by atoms with Gasteiger partial charge in [-0.25, -0.2) is 13.8 Å². The summed E-state index contributed by atoms with van der Waals surface area (Å²) in [5, 5.41) is 0. The number of nitrogens with zero attached hydrogens (tertiary/aromatic N) is 3. The quantitative estimate of drug-likeness (QED) is 0.813. The van der Waals surface area contributed by atoms with E-state index in [0.29, 0.717) is 6.54 Å². The summed E-state index contributed by atoms with van der Waals surface area (Å²) in [5.74, 6) is -2.13. The first-order valence-electron chi connectivity index (χ1n) is 7.14. The molecule has 1 aliphatic heterocycles. The van der Waals surface area contributed by atoms with E-state index in [9.17, 15) is 13.2 Å². The molecule has 3 rings (SSSR count). The minimum absolute atomic E-state index is 0.485. The maximum absolute atomic E-state index is 13.2. The Morgan fingerprint density at radius 2 is 1.68 bits per heavy atom. The fraction of sp³-hybridized carbons (Fsp3) is 0.312. The molecule has 0 spiro atoms. The van der Waals surface area contributed by atoms with Crippen molar-refractivity contribution in [1.82, 2.24) is 9.88 Å². The third kappa shape index (κ3) is 3.39. The van der Waals surface area contributed by atoms with Crippen LogP contribution in [0.2, 0.25) is 0 Å². The Bertz CT molecular complexity index is 655. The van der Waals surface area contributed by atoms with Crippen LogP contribution in [0.5, 0.6) is 0 Å². The summed E-state index contributed by atoms with van der Waals surface area (Å²) in [5.41, 5.74) is 1.57. The molecule has 0 saturated carbocycles. The first-order valence-corrected chi connectivity index (χ1v) is 7.14. The van der Waals surface area contributed by atoms with Crippen molar-refractivity contribution in [2.45, 2.75) is 6.54 Å². The zero-order valence-electron chi connectivity index (χ0n) is 12.0. The standard InChI is InChI=1S/C16H16F3N3/c17-14-2-1-12(9-15(14)18)11-21-5-7-22(8-6-21)13-3-4-20-16(19)10-13/h1-4,9-10H,5-8,11H2. The molecule has 0 amide bonds. The van der Waals surface area contributed by atoms with Crippen LogP contribution in [0.15, 0.2) is 36.5 Å². The van der Waals surface area contributed by atoms with E-state index in [1.165, 1.54) is 18.3 Å². The van der Waals surface area contributed by atoms with E-state index < -0.39 is 17.6 Å². The van der Waals surface area contributed by atoms with Gasteiger partial charge in [0.05, 0.1) is 0 Å². The van der Waals surface area contributed by atoms with Crippen LogP contribution in [0.1, 0.15) is 5.56 Å². The van der Waals surface area contributed by atoms with Gasteiger partial charge in [0.1, 0.15) is 0 Å². The van der Waals surface area contributed by atoms with Crippen molar-refractivity contribution < 1.29 is 13.2 Å². The number of rotatable bonds is 3. The molecule has 1 saturated heterocycles. The monoisotopic (exact) mass is 307 g/mol. The molecule has 1 aliphatic rings. The van der Waals surface area contributed by atoms with E-state index in [1.54, 1.807) is 12.1 Å². The Morgan fingerprint density at radius 1 is 0.909 bits per heavy atom. The highest BCUT2D eigenvalue weighted by molar-refractivity contribution is 5.45. The fourth-order valence-electron chi connectivity index (χ4n) is 2.65. The molecule has 0 aliphatic carbocycles. The van der Waals surface area contributed by atoms with Gasteiger partial charge in [0.15, 0.2) is 11.6 Å². The van der Waals surface area contributed by atoms with E-state index in [4.69, 9.17) is 0 Å². The molecule has 0 bridgehead atoms. The molecule has 0 atom stereocenters. The van der Waals surface area contributed by atoms with Crippen LogP contribution in [-0.4, -0.2) is 36.1 Å². The first-order chi connectivity index (χ1) is 10.6. The molecule has 2 aromatic rings. The van der Waals surface area contributed by atoms with E-state index in [-0.39, 0.29) is 0 Å². The van der Waals surface area contributed by atoms with Crippen LogP contribution in [0, 0.1) is 17.6 Å². The second-order valence-electron chi connectivity index (χ2n) is 5.35. The summed E-state index contributed by atoms with van der Waals surface area (Å²) in [6, 6.07) is 7.20. The zero-order chi connectivity index (χ0) is 15.5. The molecule has 3 nitrogen and oxygen atoms in total. The molecule has 0 radical (unpaired) electrons. The first kappa shape index (κ1) is 14.8. The van der Waals surface area contributed by atoms with Gasteiger partial charge in [-0.15, -0.1) is 0 Å². The summed E-state index contributed by atoms with van der Waals surface area (Å²) in [7, 11) is 0. The number of anilines is 1.